The summed E-state index contributed by atoms with van der Waals surface area (Å²) in [6, 6.07) is 3.67. The van der Waals surface area contributed by atoms with Crippen LogP contribution in [0, 0.1) is 5.82 Å². The van der Waals surface area contributed by atoms with Crippen LogP contribution in [0.2, 0.25) is 0 Å². The Morgan fingerprint density at radius 2 is 2.05 bits per heavy atom. The van der Waals surface area contributed by atoms with Gasteiger partial charge < -0.3 is 10.1 Å². The maximum absolute atomic E-state index is 13.0. The largest absolute Gasteiger partial charge is 0.494 e. The second kappa shape index (κ2) is 8.06. The third-order valence-electron chi connectivity index (χ3n) is 2.62. The molecular formula is C13H21FN2O3S. The van der Waals surface area contributed by atoms with Gasteiger partial charge in [-0.2, -0.15) is 0 Å². The lowest BCUT2D eigenvalue weighted by Crippen LogP contribution is -2.22. The van der Waals surface area contributed by atoms with Gasteiger partial charge in [-0.15, -0.1) is 0 Å². The lowest BCUT2D eigenvalue weighted by atomic mass is 10.3. The van der Waals surface area contributed by atoms with Crippen molar-refractivity contribution in [1.29, 1.82) is 0 Å². The molecule has 0 aliphatic heterocycles. The van der Waals surface area contributed by atoms with Gasteiger partial charge in [-0.1, -0.05) is 6.92 Å². The minimum absolute atomic E-state index is 0.00421. The lowest BCUT2D eigenvalue weighted by Gasteiger charge is -2.12. The zero-order valence-corrected chi connectivity index (χ0v) is 12.6. The first-order chi connectivity index (χ1) is 9.48. The number of halogens is 1. The third-order valence-corrected chi connectivity index (χ3v) is 3.98. The molecule has 1 aromatic rings. The van der Waals surface area contributed by atoms with Crippen LogP contribution in [0.5, 0.6) is 5.75 Å². The Morgan fingerprint density at radius 3 is 2.70 bits per heavy atom. The number of nitrogens with one attached hydrogen (secondary N) is 2. The smallest absolute Gasteiger partial charge is 0.232 e. The van der Waals surface area contributed by atoms with Crippen LogP contribution >= 0.6 is 0 Å². The number of hydrogen-bond donors (Lipinski definition) is 2. The highest BCUT2D eigenvalue weighted by atomic mass is 32.2. The SMILES string of the molecule is CCCNCCCS(=O)(=O)Nc1ccc(F)cc1OC. The summed E-state index contributed by atoms with van der Waals surface area (Å²) < 4.78 is 44.2. The summed E-state index contributed by atoms with van der Waals surface area (Å²) >= 11 is 0. The molecule has 0 unspecified atom stereocenters. The van der Waals surface area contributed by atoms with E-state index < -0.39 is 15.8 Å². The predicted molar refractivity (Wildman–Crippen MR) is 78.1 cm³/mol. The van der Waals surface area contributed by atoms with Crippen molar-refractivity contribution in [2.75, 3.05) is 30.7 Å². The van der Waals surface area contributed by atoms with Crippen molar-refractivity contribution in [1.82, 2.24) is 5.32 Å². The lowest BCUT2D eigenvalue weighted by molar-refractivity contribution is 0.413. The van der Waals surface area contributed by atoms with Crippen LogP contribution in [-0.2, 0) is 10.0 Å². The summed E-state index contributed by atoms with van der Waals surface area (Å²) in [5.41, 5.74) is 0.246. The molecule has 0 saturated carbocycles. The minimum Gasteiger partial charge on any atom is -0.494 e. The maximum Gasteiger partial charge on any atom is 0.232 e. The molecule has 0 amide bonds. The molecule has 0 radical (unpaired) electrons. The molecule has 1 aromatic carbocycles. The number of ether oxygens (including phenoxy) is 1. The molecule has 0 aliphatic rings. The number of anilines is 1. The second-order valence-electron chi connectivity index (χ2n) is 4.37. The molecule has 0 heterocycles. The van der Waals surface area contributed by atoms with Gasteiger partial charge in [-0.25, -0.2) is 12.8 Å². The fourth-order valence-corrected chi connectivity index (χ4v) is 2.79. The first-order valence-electron chi connectivity index (χ1n) is 6.53. The number of rotatable bonds is 9. The highest BCUT2D eigenvalue weighted by Gasteiger charge is 2.13. The van der Waals surface area contributed by atoms with Gasteiger partial charge >= 0.3 is 0 Å². The number of methoxy groups -OCH3 is 1. The summed E-state index contributed by atoms with van der Waals surface area (Å²) in [7, 11) is -2.10. The molecule has 0 bridgehead atoms. The molecule has 0 atom stereocenters. The highest BCUT2D eigenvalue weighted by molar-refractivity contribution is 7.92. The molecule has 2 N–H and O–H groups in total. The zero-order chi connectivity index (χ0) is 15.0. The maximum atomic E-state index is 13.0. The van der Waals surface area contributed by atoms with Gasteiger partial charge in [0, 0.05) is 6.07 Å². The van der Waals surface area contributed by atoms with Crippen LogP contribution in [-0.4, -0.2) is 34.4 Å². The first kappa shape index (κ1) is 16.7. The van der Waals surface area contributed by atoms with E-state index in [4.69, 9.17) is 4.74 Å². The molecule has 0 spiro atoms. The summed E-state index contributed by atoms with van der Waals surface area (Å²) in [5, 5.41) is 3.14. The third kappa shape index (κ3) is 5.75. The molecule has 1 rings (SSSR count). The van der Waals surface area contributed by atoms with Crippen molar-refractivity contribution in [3.63, 3.8) is 0 Å². The van der Waals surface area contributed by atoms with Crippen molar-refractivity contribution in [2.45, 2.75) is 19.8 Å². The van der Waals surface area contributed by atoms with Crippen LogP contribution in [0.1, 0.15) is 19.8 Å². The Hall–Kier alpha value is -1.34. The molecule has 20 heavy (non-hydrogen) atoms. The van der Waals surface area contributed by atoms with Crippen LogP contribution in [0.4, 0.5) is 10.1 Å². The molecule has 5 nitrogen and oxygen atoms in total. The topological polar surface area (TPSA) is 67.4 Å². The van der Waals surface area contributed by atoms with Crippen molar-refractivity contribution in [2.24, 2.45) is 0 Å². The summed E-state index contributed by atoms with van der Waals surface area (Å²) in [4.78, 5) is 0. The van der Waals surface area contributed by atoms with E-state index >= 15 is 0 Å². The van der Waals surface area contributed by atoms with E-state index in [1.807, 2.05) is 6.92 Å². The van der Waals surface area contributed by atoms with Crippen molar-refractivity contribution < 1.29 is 17.5 Å². The summed E-state index contributed by atoms with van der Waals surface area (Å²) in [6.45, 7) is 3.57. The Kier molecular flexibility index (Phi) is 6.74. The van der Waals surface area contributed by atoms with Gasteiger partial charge in [0.15, 0.2) is 0 Å². The Balaban J connectivity index is 2.58. The van der Waals surface area contributed by atoms with E-state index in [0.29, 0.717) is 13.0 Å². The van der Waals surface area contributed by atoms with Gasteiger partial charge in [-0.05, 0) is 38.1 Å². The van der Waals surface area contributed by atoms with E-state index in [2.05, 4.69) is 10.0 Å². The van der Waals surface area contributed by atoms with E-state index in [1.165, 1.54) is 19.2 Å². The van der Waals surface area contributed by atoms with Gasteiger partial charge in [0.05, 0.1) is 18.6 Å². The Morgan fingerprint density at radius 1 is 1.30 bits per heavy atom. The van der Waals surface area contributed by atoms with E-state index in [9.17, 15) is 12.8 Å². The minimum atomic E-state index is -3.46. The molecule has 0 saturated heterocycles. The number of benzene rings is 1. The highest BCUT2D eigenvalue weighted by Crippen LogP contribution is 2.25. The zero-order valence-electron chi connectivity index (χ0n) is 11.8. The molecule has 7 heteroatoms. The number of sulfonamides is 1. The van der Waals surface area contributed by atoms with Crippen molar-refractivity contribution >= 4 is 15.7 Å². The monoisotopic (exact) mass is 304 g/mol. The standard InChI is InChI=1S/C13H21FN2O3S/c1-3-7-15-8-4-9-20(17,18)16-12-6-5-11(14)10-13(12)19-2/h5-6,10,15-16H,3-4,7-9H2,1-2H3. The fraction of sp³-hybridized carbons (Fsp3) is 0.538. The summed E-state index contributed by atoms with van der Waals surface area (Å²) in [6.07, 6.45) is 1.52. The number of hydrogen-bond acceptors (Lipinski definition) is 4. The van der Waals surface area contributed by atoms with Crippen LogP contribution in [0.25, 0.3) is 0 Å². The van der Waals surface area contributed by atoms with E-state index in [0.717, 1.165) is 19.0 Å². The molecule has 0 aliphatic carbocycles. The second-order valence-corrected chi connectivity index (χ2v) is 6.21. The van der Waals surface area contributed by atoms with Crippen LogP contribution < -0.4 is 14.8 Å². The van der Waals surface area contributed by atoms with Crippen LogP contribution in [0.15, 0.2) is 18.2 Å². The van der Waals surface area contributed by atoms with Crippen molar-refractivity contribution in [3.05, 3.63) is 24.0 Å². The van der Waals surface area contributed by atoms with E-state index in [1.54, 1.807) is 0 Å². The van der Waals surface area contributed by atoms with Gasteiger partial charge in [0.1, 0.15) is 11.6 Å². The van der Waals surface area contributed by atoms with Gasteiger partial charge in [-0.3, -0.25) is 4.72 Å². The van der Waals surface area contributed by atoms with E-state index in [-0.39, 0.29) is 17.2 Å². The first-order valence-corrected chi connectivity index (χ1v) is 8.18. The van der Waals surface area contributed by atoms with Gasteiger partial charge in [0.25, 0.3) is 0 Å². The van der Waals surface area contributed by atoms with Crippen molar-refractivity contribution in [3.8, 4) is 5.75 Å². The average Bonchev–Trinajstić information content (AvgIpc) is 2.40. The molecule has 114 valence electrons. The average molecular weight is 304 g/mol. The molecular weight excluding hydrogens is 283 g/mol. The Bertz CT molecular complexity index is 520. The quantitative estimate of drug-likeness (QED) is 0.684. The van der Waals surface area contributed by atoms with Gasteiger partial charge in [0.2, 0.25) is 10.0 Å². The molecule has 0 fully saturated rings. The van der Waals surface area contributed by atoms with Crippen LogP contribution in [0.3, 0.4) is 0 Å². The fourth-order valence-electron chi connectivity index (χ4n) is 1.66. The Labute approximate surface area is 119 Å². The summed E-state index contributed by atoms with van der Waals surface area (Å²) in [5.74, 6) is -0.309. The molecule has 0 aromatic heterocycles. The predicted octanol–water partition coefficient (Wildman–Crippen LogP) is 1.97. The normalized spacial score (nSPS) is 11.3.